The van der Waals surface area contributed by atoms with E-state index in [1.165, 1.54) is 23.3 Å². The molecular formula is C23H23ClFNO3. The van der Waals surface area contributed by atoms with Gasteiger partial charge in [-0.2, -0.15) is 0 Å². The Bertz CT molecular complexity index is 919. The van der Waals surface area contributed by atoms with E-state index in [0.29, 0.717) is 29.6 Å². The average Bonchev–Trinajstić information content (AvgIpc) is 3.21. The molecule has 0 aliphatic heterocycles. The van der Waals surface area contributed by atoms with E-state index in [1.54, 1.807) is 42.5 Å². The number of carbonyl (C=O) groups excluding carboxylic acids is 1. The maximum absolute atomic E-state index is 14.3. The first-order valence-electron chi connectivity index (χ1n) is 9.41. The zero-order chi connectivity index (χ0) is 20.8. The molecule has 1 heterocycles. The molecule has 0 aliphatic rings. The Morgan fingerprint density at radius 1 is 1.10 bits per heavy atom. The van der Waals surface area contributed by atoms with Crippen molar-refractivity contribution in [3.05, 3.63) is 88.6 Å². The molecule has 0 saturated carbocycles. The van der Waals surface area contributed by atoms with Crippen LogP contribution < -0.4 is 4.74 Å². The minimum absolute atomic E-state index is 0.0244. The number of carbonyl (C=O) groups is 1. The second-order valence-corrected chi connectivity index (χ2v) is 7.58. The summed E-state index contributed by atoms with van der Waals surface area (Å²) in [5.41, 5.74) is 0.742. The summed E-state index contributed by atoms with van der Waals surface area (Å²) in [6.07, 6.45) is 1.54. The lowest BCUT2D eigenvalue weighted by Gasteiger charge is -2.23. The third kappa shape index (κ3) is 5.61. The molecule has 0 spiro atoms. The monoisotopic (exact) mass is 415 g/mol. The molecule has 0 N–H and O–H groups in total. The van der Waals surface area contributed by atoms with Crippen molar-refractivity contribution in [3.8, 4) is 5.75 Å². The van der Waals surface area contributed by atoms with Gasteiger partial charge in [0, 0.05) is 16.1 Å². The molecule has 1 amide bonds. The molecule has 3 rings (SSSR count). The molecule has 2 aromatic carbocycles. The van der Waals surface area contributed by atoms with Crippen LogP contribution in [0.4, 0.5) is 4.39 Å². The molecule has 0 bridgehead atoms. The van der Waals surface area contributed by atoms with Crippen LogP contribution >= 0.6 is 11.6 Å². The van der Waals surface area contributed by atoms with Gasteiger partial charge in [-0.1, -0.05) is 31.5 Å². The number of hydrogen-bond donors (Lipinski definition) is 0. The van der Waals surface area contributed by atoms with Gasteiger partial charge in [0.15, 0.2) is 0 Å². The molecule has 0 radical (unpaired) electrons. The molecule has 4 nitrogen and oxygen atoms in total. The Balaban J connectivity index is 1.82. The minimum Gasteiger partial charge on any atom is -0.493 e. The lowest BCUT2D eigenvalue weighted by atomic mass is 10.1. The molecule has 0 unspecified atom stereocenters. The van der Waals surface area contributed by atoms with Crippen molar-refractivity contribution in [2.75, 3.05) is 6.61 Å². The molecule has 6 heteroatoms. The highest BCUT2D eigenvalue weighted by molar-refractivity contribution is 6.31. The lowest BCUT2D eigenvalue weighted by molar-refractivity contribution is 0.0716. The first-order valence-corrected chi connectivity index (χ1v) is 9.79. The fraction of sp³-hybridized carbons (Fsp3) is 0.261. The van der Waals surface area contributed by atoms with Crippen molar-refractivity contribution in [2.24, 2.45) is 5.92 Å². The Hall–Kier alpha value is -2.79. The van der Waals surface area contributed by atoms with E-state index in [-0.39, 0.29) is 29.6 Å². The fourth-order valence-electron chi connectivity index (χ4n) is 2.80. The van der Waals surface area contributed by atoms with E-state index in [2.05, 4.69) is 13.8 Å². The summed E-state index contributed by atoms with van der Waals surface area (Å²) in [6, 6.07) is 14.9. The maximum Gasteiger partial charge on any atom is 0.254 e. The first-order chi connectivity index (χ1) is 13.9. The third-order valence-corrected chi connectivity index (χ3v) is 4.66. The lowest BCUT2D eigenvalue weighted by Crippen LogP contribution is -2.30. The fourth-order valence-corrected chi connectivity index (χ4v) is 3.03. The van der Waals surface area contributed by atoms with Crippen LogP contribution in [0.3, 0.4) is 0 Å². The molecular weight excluding hydrogens is 393 g/mol. The third-order valence-electron chi connectivity index (χ3n) is 4.31. The zero-order valence-electron chi connectivity index (χ0n) is 16.4. The van der Waals surface area contributed by atoms with Gasteiger partial charge in [-0.25, -0.2) is 4.39 Å². The van der Waals surface area contributed by atoms with E-state index in [9.17, 15) is 9.18 Å². The average molecular weight is 416 g/mol. The van der Waals surface area contributed by atoms with Gasteiger partial charge in [0.1, 0.15) is 17.3 Å². The first kappa shape index (κ1) is 20.9. The highest BCUT2D eigenvalue weighted by Gasteiger charge is 2.21. The van der Waals surface area contributed by atoms with E-state index in [4.69, 9.17) is 20.8 Å². The number of rotatable bonds is 8. The number of furan rings is 1. The van der Waals surface area contributed by atoms with Crippen LogP contribution in [-0.4, -0.2) is 17.4 Å². The van der Waals surface area contributed by atoms with E-state index >= 15 is 0 Å². The van der Waals surface area contributed by atoms with E-state index < -0.39 is 5.82 Å². The minimum atomic E-state index is -0.452. The summed E-state index contributed by atoms with van der Waals surface area (Å²) >= 11 is 6.17. The topological polar surface area (TPSA) is 42.7 Å². The summed E-state index contributed by atoms with van der Waals surface area (Å²) in [7, 11) is 0. The second kappa shape index (κ2) is 9.61. The van der Waals surface area contributed by atoms with Crippen LogP contribution in [0.1, 0.15) is 35.5 Å². The Kier molecular flexibility index (Phi) is 6.94. The molecule has 0 atom stereocenters. The van der Waals surface area contributed by atoms with Gasteiger partial charge >= 0.3 is 0 Å². The summed E-state index contributed by atoms with van der Waals surface area (Å²) in [4.78, 5) is 14.7. The summed E-state index contributed by atoms with van der Waals surface area (Å²) in [5, 5.41) is 0.277. The maximum atomic E-state index is 14.3. The van der Waals surface area contributed by atoms with Crippen molar-refractivity contribution in [1.29, 1.82) is 0 Å². The van der Waals surface area contributed by atoms with Crippen molar-refractivity contribution < 1.29 is 18.3 Å². The molecule has 1 aromatic heterocycles. The van der Waals surface area contributed by atoms with E-state index in [0.717, 1.165) is 0 Å². The Morgan fingerprint density at radius 2 is 1.86 bits per heavy atom. The van der Waals surface area contributed by atoms with Crippen molar-refractivity contribution >= 4 is 17.5 Å². The summed E-state index contributed by atoms with van der Waals surface area (Å²) in [6.45, 7) is 4.96. The van der Waals surface area contributed by atoms with Gasteiger partial charge in [0.2, 0.25) is 0 Å². The van der Waals surface area contributed by atoms with Gasteiger partial charge in [-0.05, 0) is 54.4 Å². The molecule has 152 valence electrons. The molecule has 0 saturated heterocycles. The van der Waals surface area contributed by atoms with Crippen LogP contribution in [0, 0.1) is 11.7 Å². The zero-order valence-corrected chi connectivity index (χ0v) is 17.2. The van der Waals surface area contributed by atoms with Gasteiger partial charge in [0.25, 0.3) is 5.91 Å². The number of ether oxygens (including phenoxy) is 1. The molecule has 0 aliphatic carbocycles. The van der Waals surface area contributed by atoms with Crippen molar-refractivity contribution in [3.63, 3.8) is 0 Å². The number of nitrogens with zero attached hydrogens (tertiary/aromatic N) is 1. The number of benzene rings is 2. The van der Waals surface area contributed by atoms with Crippen molar-refractivity contribution in [2.45, 2.75) is 26.9 Å². The van der Waals surface area contributed by atoms with Crippen LogP contribution in [0.15, 0.2) is 65.3 Å². The van der Waals surface area contributed by atoms with Gasteiger partial charge in [-0.15, -0.1) is 0 Å². The van der Waals surface area contributed by atoms with Crippen molar-refractivity contribution in [1.82, 2.24) is 4.90 Å². The van der Waals surface area contributed by atoms with Crippen LogP contribution in [0.2, 0.25) is 5.02 Å². The molecule has 29 heavy (non-hydrogen) atoms. The number of hydrogen-bond acceptors (Lipinski definition) is 3. The highest BCUT2D eigenvalue weighted by atomic mass is 35.5. The molecule has 3 aromatic rings. The smallest absolute Gasteiger partial charge is 0.254 e. The molecule has 0 fully saturated rings. The number of amides is 1. The van der Waals surface area contributed by atoms with Gasteiger partial charge < -0.3 is 14.1 Å². The Labute approximate surface area is 174 Å². The largest absolute Gasteiger partial charge is 0.493 e. The number of halogens is 2. The summed E-state index contributed by atoms with van der Waals surface area (Å²) < 4.78 is 25.3. The standard InChI is InChI=1S/C23H23ClFNO3/c1-16(2)15-29-18-10-8-17(9-11-18)23(27)26(13-19-5-4-12-28-19)14-20-21(24)6-3-7-22(20)25/h3-12,16H,13-15H2,1-2H3. The quantitative estimate of drug-likeness (QED) is 0.456. The highest BCUT2D eigenvalue weighted by Crippen LogP contribution is 2.23. The Morgan fingerprint density at radius 3 is 2.48 bits per heavy atom. The van der Waals surface area contributed by atoms with E-state index in [1.807, 2.05) is 0 Å². The normalized spacial score (nSPS) is 10.9. The summed E-state index contributed by atoms with van der Waals surface area (Å²) in [5.74, 6) is 1.00. The predicted molar refractivity (Wildman–Crippen MR) is 110 cm³/mol. The second-order valence-electron chi connectivity index (χ2n) is 7.17. The van der Waals surface area contributed by atoms with Gasteiger partial charge in [0.05, 0.1) is 26.0 Å². The SMILES string of the molecule is CC(C)COc1ccc(C(=O)N(Cc2ccco2)Cc2c(F)cccc2Cl)cc1. The van der Waals surface area contributed by atoms with Crippen LogP contribution in [-0.2, 0) is 13.1 Å². The van der Waals surface area contributed by atoms with Gasteiger partial charge in [-0.3, -0.25) is 4.79 Å². The van der Waals surface area contributed by atoms with Crippen LogP contribution in [0.25, 0.3) is 0 Å². The van der Waals surface area contributed by atoms with Crippen LogP contribution in [0.5, 0.6) is 5.75 Å². The predicted octanol–water partition coefficient (Wildman–Crippen LogP) is 5.95.